The van der Waals surface area contributed by atoms with Gasteiger partial charge >= 0.3 is 5.97 Å². The summed E-state index contributed by atoms with van der Waals surface area (Å²) >= 11 is 0. The van der Waals surface area contributed by atoms with Crippen LogP contribution in [-0.4, -0.2) is 17.4 Å². The topological polar surface area (TPSA) is 43.4 Å². The molecule has 2 fully saturated rings. The molecule has 2 aliphatic rings. The van der Waals surface area contributed by atoms with Gasteiger partial charge in [-0.2, -0.15) is 0 Å². The van der Waals surface area contributed by atoms with Crippen molar-refractivity contribution in [2.45, 2.75) is 69.8 Å². The Labute approximate surface area is 96.5 Å². The lowest BCUT2D eigenvalue weighted by Gasteiger charge is -2.36. The van der Waals surface area contributed by atoms with Gasteiger partial charge in [-0.15, -0.1) is 0 Å². The summed E-state index contributed by atoms with van der Waals surface area (Å²) in [5, 5.41) is 0. The zero-order valence-corrected chi connectivity index (χ0v) is 9.80. The Morgan fingerprint density at radius 3 is 2.00 bits per heavy atom. The molecule has 1 aliphatic carbocycles. The van der Waals surface area contributed by atoms with Crippen LogP contribution in [0, 0.1) is 0 Å². The van der Waals surface area contributed by atoms with E-state index >= 15 is 0 Å². The molecule has 3 nitrogen and oxygen atoms in total. The van der Waals surface area contributed by atoms with Crippen molar-refractivity contribution in [1.29, 1.82) is 0 Å². The summed E-state index contributed by atoms with van der Waals surface area (Å²) in [7, 11) is 0. The van der Waals surface area contributed by atoms with E-state index in [4.69, 9.17) is 4.74 Å². The minimum Gasteiger partial charge on any atom is -0.458 e. The van der Waals surface area contributed by atoms with Crippen LogP contribution in [0.15, 0.2) is 0 Å². The lowest BCUT2D eigenvalue weighted by molar-refractivity contribution is -0.172. The predicted octanol–water partition coefficient (Wildman–Crippen LogP) is 2.77. The van der Waals surface area contributed by atoms with Gasteiger partial charge in [-0.3, -0.25) is 9.59 Å². The summed E-state index contributed by atoms with van der Waals surface area (Å²) in [6, 6.07) is 0. The maximum Gasteiger partial charge on any atom is 0.313 e. The van der Waals surface area contributed by atoms with E-state index < -0.39 is 5.60 Å². The van der Waals surface area contributed by atoms with Crippen LogP contribution in [-0.2, 0) is 14.3 Å². The minimum absolute atomic E-state index is 0.0122. The number of carbonyl (C=O) groups is 2. The van der Waals surface area contributed by atoms with Crippen LogP contribution in [0.5, 0.6) is 0 Å². The Bertz CT molecular complexity index is 255. The molecule has 16 heavy (non-hydrogen) atoms. The number of esters is 1. The highest BCUT2D eigenvalue weighted by molar-refractivity contribution is 5.98. The molecular weight excluding hydrogens is 204 g/mol. The normalized spacial score (nSPS) is 26.8. The third-order valence-corrected chi connectivity index (χ3v) is 3.71. The molecule has 1 aliphatic heterocycles. The molecule has 0 aromatic heterocycles. The highest BCUT2D eigenvalue weighted by Crippen LogP contribution is 2.35. The van der Waals surface area contributed by atoms with Gasteiger partial charge in [0.25, 0.3) is 0 Å². The molecule has 2 rings (SSSR count). The average molecular weight is 224 g/mol. The number of Topliss-reactive ketones (excluding diaryl/α,β-unsaturated/α-hetero) is 1. The lowest BCUT2D eigenvalue weighted by Crippen LogP contribution is -2.42. The molecule has 0 aromatic rings. The van der Waals surface area contributed by atoms with Crippen LogP contribution in [0.4, 0.5) is 0 Å². The van der Waals surface area contributed by atoms with Gasteiger partial charge in [0.1, 0.15) is 17.8 Å². The number of hydrogen-bond acceptors (Lipinski definition) is 3. The quantitative estimate of drug-likeness (QED) is 0.469. The first-order valence-electron chi connectivity index (χ1n) is 6.44. The van der Waals surface area contributed by atoms with Gasteiger partial charge in [-0.25, -0.2) is 0 Å². The van der Waals surface area contributed by atoms with Crippen molar-refractivity contribution in [1.82, 2.24) is 0 Å². The third-order valence-electron chi connectivity index (χ3n) is 3.71. The van der Waals surface area contributed by atoms with Gasteiger partial charge in [-0.1, -0.05) is 25.7 Å². The highest BCUT2D eigenvalue weighted by atomic mass is 16.6. The van der Waals surface area contributed by atoms with Crippen molar-refractivity contribution in [2.24, 2.45) is 0 Å². The van der Waals surface area contributed by atoms with Gasteiger partial charge in [0.15, 0.2) is 0 Å². The van der Waals surface area contributed by atoms with E-state index in [-0.39, 0.29) is 18.2 Å². The van der Waals surface area contributed by atoms with E-state index in [9.17, 15) is 9.59 Å². The van der Waals surface area contributed by atoms with E-state index in [1.165, 1.54) is 25.7 Å². The summed E-state index contributed by atoms with van der Waals surface area (Å²) in [6.45, 7) is 0. The first-order chi connectivity index (χ1) is 7.70. The maximum absolute atomic E-state index is 11.5. The summed E-state index contributed by atoms with van der Waals surface area (Å²) in [5.74, 6) is -0.244. The van der Waals surface area contributed by atoms with Gasteiger partial charge in [0.05, 0.1) is 0 Å². The van der Waals surface area contributed by atoms with Crippen molar-refractivity contribution in [3.05, 3.63) is 0 Å². The molecule has 0 amide bonds. The summed E-state index contributed by atoms with van der Waals surface area (Å²) in [5.41, 5.74) is -0.434. The molecule has 0 N–H and O–H groups in total. The second kappa shape index (κ2) is 4.98. The second-order valence-corrected chi connectivity index (χ2v) is 5.17. The average Bonchev–Trinajstić information content (AvgIpc) is 2.29. The smallest absolute Gasteiger partial charge is 0.313 e. The Hall–Kier alpha value is -0.860. The SMILES string of the molecule is O=C1CC(=O)OC2(CCCCCCCC2)C1. The van der Waals surface area contributed by atoms with Crippen LogP contribution < -0.4 is 0 Å². The molecule has 1 saturated heterocycles. The van der Waals surface area contributed by atoms with Crippen molar-refractivity contribution < 1.29 is 14.3 Å². The van der Waals surface area contributed by atoms with Gasteiger partial charge in [0, 0.05) is 6.42 Å². The van der Waals surface area contributed by atoms with E-state index in [0.29, 0.717) is 6.42 Å². The molecule has 0 radical (unpaired) electrons. The van der Waals surface area contributed by atoms with Crippen LogP contribution in [0.25, 0.3) is 0 Å². The zero-order chi connectivity index (χ0) is 11.4. The Kier molecular flexibility index (Phi) is 3.62. The fraction of sp³-hybridized carbons (Fsp3) is 0.846. The lowest BCUT2D eigenvalue weighted by atomic mass is 9.84. The number of hydrogen-bond donors (Lipinski definition) is 0. The third kappa shape index (κ3) is 2.83. The summed E-state index contributed by atoms with van der Waals surface area (Å²) in [6.07, 6.45) is 9.33. The summed E-state index contributed by atoms with van der Waals surface area (Å²) in [4.78, 5) is 22.9. The standard InChI is InChI=1S/C13H20O3/c14-11-9-12(15)16-13(10-11)7-5-3-1-2-4-6-8-13/h1-10H2. The first kappa shape index (κ1) is 11.6. The molecule has 1 heterocycles. The van der Waals surface area contributed by atoms with Crippen molar-refractivity contribution in [3.63, 3.8) is 0 Å². The molecule has 1 spiro atoms. The second-order valence-electron chi connectivity index (χ2n) is 5.17. The molecule has 0 atom stereocenters. The molecule has 90 valence electrons. The highest BCUT2D eigenvalue weighted by Gasteiger charge is 2.40. The van der Waals surface area contributed by atoms with Crippen molar-refractivity contribution in [2.75, 3.05) is 0 Å². The Morgan fingerprint density at radius 1 is 0.875 bits per heavy atom. The van der Waals surface area contributed by atoms with E-state index in [1.54, 1.807) is 0 Å². The van der Waals surface area contributed by atoms with Gasteiger partial charge < -0.3 is 4.74 Å². The Morgan fingerprint density at radius 2 is 1.44 bits per heavy atom. The monoisotopic (exact) mass is 224 g/mol. The van der Waals surface area contributed by atoms with Gasteiger partial charge in [-0.05, 0) is 25.7 Å². The van der Waals surface area contributed by atoms with Crippen molar-refractivity contribution >= 4 is 11.8 Å². The number of ketones is 1. The zero-order valence-electron chi connectivity index (χ0n) is 9.80. The minimum atomic E-state index is -0.434. The van der Waals surface area contributed by atoms with Crippen LogP contribution in [0.1, 0.15) is 64.2 Å². The maximum atomic E-state index is 11.5. The molecular formula is C13H20O3. The van der Waals surface area contributed by atoms with Crippen LogP contribution in [0.3, 0.4) is 0 Å². The van der Waals surface area contributed by atoms with E-state index in [0.717, 1.165) is 25.7 Å². The molecule has 0 bridgehead atoms. The fourth-order valence-electron chi connectivity index (χ4n) is 2.90. The predicted molar refractivity (Wildman–Crippen MR) is 60.0 cm³/mol. The first-order valence-corrected chi connectivity index (χ1v) is 6.44. The van der Waals surface area contributed by atoms with E-state index in [2.05, 4.69) is 0 Å². The van der Waals surface area contributed by atoms with Crippen molar-refractivity contribution in [3.8, 4) is 0 Å². The molecule has 3 heteroatoms. The van der Waals surface area contributed by atoms with Crippen LogP contribution in [0.2, 0.25) is 0 Å². The summed E-state index contributed by atoms with van der Waals surface area (Å²) < 4.78 is 5.52. The Balaban J connectivity index is 2.06. The molecule has 0 aromatic carbocycles. The number of rotatable bonds is 0. The molecule has 1 saturated carbocycles. The number of ether oxygens (including phenoxy) is 1. The molecule has 0 unspecified atom stereocenters. The van der Waals surface area contributed by atoms with Crippen LogP contribution >= 0.6 is 0 Å². The number of carbonyl (C=O) groups excluding carboxylic acids is 2. The van der Waals surface area contributed by atoms with E-state index in [1.807, 2.05) is 0 Å². The van der Waals surface area contributed by atoms with Gasteiger partial charge in [0.2, 0.25) is 0 Å². The fourth-order valence-corrected chi connectivity index (χ4v) is 2.90. The largest absolute Gasteiger partial charge is 0.458 e.